The van der Waals surface area contributed by atoms with Crippen molar-refractivity contribution in [3.05, 3.63) is 0 Å². The van der Waals surface area contributed by atoms with Crippen LogP contribution in [0.25, 0.3) is 0 Å². The van der Waals surface area contributed by atoms with Crippen molar-refractivity contribution in [2.75, 3.05) is 26.2 Å². The zero-order chi connectivity index (χ0) is 15.8. The zero-order valence-corrected chi connectivity index (χ0v) is 14.6. The number of likely N-dealkylation sites (tertiary alicyclic amines) is 1. The molecule has 2 rings (SSSR count). The van der Waals surface area contributed by atoms with Gasteiger partial charge in [0.15, 0.2) is 0 Å². The van der Waals surface area contributed by atoms with Crippen molar-refractivity contribution in [2.45, 2.75) is 71.3 Å². The normalized spacial score (nSPS) is 27.5. The maximum Gasteiger partial charge on any atom is 0.315 e. The number of carbonyl (C=O) groups is 1. The maximum atomic E-state index is 11.8. The SMILES string of the molecule is CC1CC(C)CN(CCCCNC(=O)NC2CCCCC2)C1. The number of unbranched alkanes of at least 4 members (excludes halogenated alkanes) is 1. The van der Waals surface area contributed by atoms with Crippen LogP contribution in [0.4, 0.5) is 4.79 Å². The molecule has 0 bridgehead atoms. The van der Waals surface area contributed by atoms with E-state index >= 15 is 0 Å². The van der Waals surface area contributed by atoms with Crippen molar-refractivity contribution >= 4 is 6.03 Å². The van der Waals surface area contributed by atoms with Crippen LogP contribution in [0, 0.1) is 11.8 Å². The van der Waals surface area contributed by atoms with Gasteiger partial charge >= 0.3 is 6.03 Å². The molecule has 2 fully saturated rings. The van der Waals surface area contributed by atoms with E-state index in [4.69, 9.17) is 0 Å². The van der Waals surface area contributed by atoms with Crippen molar-refractivity contribution in [3.63, 3.8) is 0 Å². The van der Waals surface area contributed by atoms with Crippen molar-refractivity contribution in [2.24, 2.45) is 11.8 Å². The summed E-state index contributed by atoms with van der Waals surface area (Å²) >= 11 is 0. The van der Waals surface area contributed by atoms with E-state index in [0.29, 0.717) is 6.04 Å². The Bertz CT molecular complexity index is 318. The molecule has 22 heavy (non-hydrogen) atoms. The number of carbonyl (C=O) groups excluding carboxylic acids is 1. The van der Waals surface area contributed by atoms with Crippen LogP contribution in [0.1, 0.15) is 65.2 Å². The second kappa shape index (κ2) is 9.39. The summed E-state index contributed by atoms with van der Waals surface area (Å²) in [6.07, 6.45) is 9.79. The van der Waals surface area contributed by atoms with Crippen molar-refractivity contribution in [1.29, 1.82) is 0 Å². The Kier molecular flexibility index (Phi) is 7.50. The minimum absolute atomic E-state index is 0.0344. The number of urea groups is 1. The molecule has 0 aromatic rings. The molecule has 2 aliphatic rings. The van der Waals surface area contributed by atoms with Gasteiger partial charge in [-0.3, -0.25) is 0 Å². The number of piperidine rings is 1. The van der Waals surface area contributed by atoms with Crippen LogP contribution in [0.15, 0.2) is 0 Å². The Morgan fingerprint density at radius 1 is 1.05 bits per heavy atom. The van der Waals surface area contributed by atoms with Gasteiger partial charge < -0.3 is 15.5 Å². The molecule has 128 valence electrons. The molecule has 0 aromatic carbocycles. The predicted octanol–water partition coefficient (Wildman–Crippen LogP) is 3.38. The fraction of sp³-hybridized carbons (Fsp3) is 0.944. The molecule has 4 nitrogen and oxygen atoms in total. The summed E-state index contributed by atoms with van der Waals surface area (Å²) in [5.41, 5.74) is 0. The molecule has 2 N–H and O–H groups in total. The Balaban J connectivity index is 1.49. The first-order chi connectivity index (χ1) is 10.6. The molecule has 0 aromatic heterocycles. The first-order valence-electron chi connectivity index (χ1n) is 9.40. The van der Waals surface area contributed by atoms with Gasteiger partial charge in [0.2, 0.25) is 0 Å². The van der Waals surface area contributed by atoms with Gasteiger partial charge in [0.25, 0.3) is 0 Å². The van der Waals surface area contributed by atoms with E-state index in [1.807, 2.05) is 0 Å². The Hall–Kier alpha value is -0.770. The van der Waals surface area contributed by atoms with Crippen LogP contribution < -0.4 is 10.6 Å². The number of amides is 2. The van der Waals surface area contributed by atoms with Gasteiger partial charge in [-0.1, -0.05) is 33.1 Å². The third-order valence-corrected chi connectivity index (χ3v) is 5.07. The predicted molar refractivity (Wildman–Crippen MR) is 92.0 cm³/mol. The quantitative estimate of drug-likeness (QED) is 0.739. The molecule has 1 aliphatic heterocycles. The topological polar surface area (TPSA) is 44.4 Å². The highest BCUT2D eigenvalue weighted by Crippen LogP contribution is 2.21. The molecule has 2 atom stereocenters. The monoisotopic (exact) mass is 309 g/mol. The lowest BCUT2D eigenvalue weighted by atomic mass is 9.92. The Labute approximate surface area is 136 Å². The standard InChI is InChI=1S/C18H35N3O/c1-15-12-16(2)14-21(13-15)11-7-6-10-19-18(22)20-17-8-4-3-5-9-17/h15-17H,3-14H2,1-2H3,(H2,19,20,22). The second-order valence-corrected chi connectivity index (χ2v) is 7.65. The average Bonchev–Trinajstić information content (AvgIpc) is 2.47. The smallest absolute Gasteiger partial charge is 0.315 e. The van der Waals surface area contributed by atoms with Gasteiger partial charge in [-0.2, -0.15) is 0 Å². The average molecular weight is 309 g/mol. The van der Waals surface area contributed by atoms with Gasteiger partial charge in [-0.25, -0.2) is 4.79 Å². The number of nitrogens with zero attached hydrogens (tertiary/aromatic N) is 1. The highest BCUT2D eigenvalue weighted by atomic mass is 16.2. The highest BCUT2D eigenvalue weighted by molar-refractivity contribution is 5.74. The molecule has 1 saturated heterocycles. The van der Waals surface area contributed by atoms with Crippen LogP contribution in [-0.2, 0) is 0 Å². The van der Waals surface area contributed by atoms with Crippen LogP contribution in [0.3, 0.4) is 0 Å². The fourth-order valence-electron chi connectivity index (χ4n) is 4.12. The largest absolute Gasteiger partial charge is 0.338 e. The van der Waals surface area contributed by atoms with E-state index in [1.165, 1.54) is 51.7 Å². The van der Waals surface area contributed by atoms with E-state index in [1.54, 1.807) is 0 Å². The van der Waals surface area contributed by atoms with E-state index in [-0.39, 0.29) is 6.03 Å². The lowest BCUT2D eigenvalue weighted by Crippen LogP contribution is -2.43. The van der Waals surface area contributed by atoms with Gasteiger partial charge in [0, 0.05) is 25.7 Å². The zero-order valence-electron chi connectivity index (χ0n) is 14.6. The van der Waals surface area contributed by atoms with Gasteiger partial charge in [-0.15, -0.1) is 0 Å². The number of nitrogens with one attached hydrogen (secondary N) is 2. The molecule has 4 heteroatoms. The Morgan fingerprint density at radius 2 is 1.73 bits per heavy atom. The highest BCUT2D eigenvalue weighted by Gasteiger charge is 2.21. The number of hydrogen-bond donors (Lipinski definition) is 2. The first-order valence-corrected chi connectivity index (χ1v) is 9.40. The summed E-state index contributed by atoms with van der Waals surface area (Å²) in [7, 11) is 0. The molecular formula is C18H35N3O. The molecular weight excluding hydrogens is 274 g/mol. The van der Waals surface area contributed by atoms with Crippen LogP contribution in [-0.4, -0.2) is 43.2 Å². The summed E-state index contributed by atoms with van der Waals surface area (Å²) < 4.78 is 0. The first kappa shape index (κ1) is 17.6. The number of hydrogen-bond acceptors (Lipinski definition) is 2. The van der Waals surface area contributed by atoms with E-state index in [2.05, 4.69) is 29.4 Å². The Morgan fingerprint density at radius 3 is 2.41 bits per heavy atom. The molecule has 2 unspecified atom stereocenters. The van der Waals surface area contributed by atoms with Gasteiger partial charge in [0.05, 0.1) is 0 Å². The van der Waals surface area contributed by atoms with E-state index in [0.717, 1.165) is 37.6 Å². The van der Waals surface area contributed by atoms with Crippen molar-refractivity contribution < 1.29 is 4.79 Å². The molecule has 1 aliphatic carbocycles. The summed E-state index contributed by atoms with van der Waals surface area (Å²) in [5, 5.41) is 6.13. The molecule has 1 heterocycles. The minimum atomic E-state index is 0.0344. The van der Waals surface area contributed by atoms with Gasteiger partial charge in [-0.05, 0) is 50.5 Å². The van der Waals surface area contributed by atoms with E-state index in [9.17, 15) is 4.79 Å². The maximum absolute atomic E-state index is 11.8. The van der Waals surface area contributed by atoms with Crippen LogP contribution >= 0.6 is 0 Å². The van der Waals surface area contributed by atoms with Crippen LogP contribution in [0.5, 0.6) is 0 Å². The van der Waals surface area contributed by atoms with Crippen molar-refractivity contribution in [1.82, 2.24) is 15.5 Å². The second-order valence-electron chi connectivity index (χ2n) is 7.65. The molecule has 0 radical (unpaired) electrons. The van der Waals surface area contributed by atoms with Gasteiger partial charge in [0.1, 0.15) is 0 Å². The number of rotatable bonds is 6. The summed E-state index contributed by atoms with van der Waals surface area (Å²) in [6.45, 7) is 9.21. The van der Waals surface area contributed by atoms with E-state index < -0.39 is 0 Å². The minimum Gasteiger partial charge on any atom is -0.338 e. The molecule has 0 spiro atoms. The molecule has 2 amide bonds. The van der Waals surface area contributed by atoms with Crippen molar-refractivity contribution in [3.8, 4) is 0 Å². The lowest BCUT2D eigenvalue weighted by Gasteiger charge is -2.34. The molecule has 1 saturated carbocycles. The third kappa shape index (κ3) is 6.55. The summed E-state index contributed by atoms with van der Waals surface area (Å²) in [5.74, 6) is 1.67. The summed E-state index contributed by atoms with van der Waals surface area (Å²) in [4.78, 5) is 14.4. The fourth-order valence-corrected chi connectivity index (χ4v) is 4.12. The van der Waals surface area contributed by atoms with Crippen LogP contribution in [0.2, 0.25) is 0 Å². The lowest BCUT2D eigenvalue weighted by molar-refractivity contribution is 0.139. The third-order valence-electron chi connectivity index (χ3n) is 5.07. The summed E-state index contributed by atoms with van der Waals surface area (Å²) in [6, 6.07) is 0.442.